The normalized spacial score (nSPS) is 13.7. The van der Waals surface area contributed by atoms with Crippen molar-refractivity contribution in [2.75, 3.05) is 10.6 Å². The summed E-state index contributed by atoms with van der Waals surface area (Å²) >= 11 is 1.25. The first-order valence-corrected chi connectivity index (χ1v) is 11.4. The SMILES string of the molecule is Cc1occc1C(=O)Nc1nc(CC(=O)Nc2ccc(C(=O)NC3CCCC3)cc2)cs1. The molecule has 2 heterocycles. The van der Waals surface area contributed by atoms with Gasteiger partial charge in [-0.25, -0.2) is 4.98 Å². The van der Waals surface area contributed by atoms with Crippen LogP contribution >= 0.6 is 11.3 Å². The molecular formula is C23H24N4O4S. The van der Waals surface area contributed by atoms with Crippen LogP contribution < -0.4 is 16.0 Å². The Hall–Kier alpha value is -3.46. The lowest BCUT2D eigenvalue weighted by molar-refractivity contribution is -0.115. The van der Waals surface area contributed by atoms with Crippen molar-refractivity contribution in [3.05, 3.63) is 64.6 Å². The second-order valence-corrected chi connectivity index (χ2v) is 8.60. The number of rotatable bonds is 7. The number of amides is 3. The van der Waals surface area contributed by atoms with Crippen molar-refractivity contribution in [3.63, 3.8) is 0 Å². The van der Waals surface area contributed by atoms with Gasteiger partial charge in [-0.15, -0.1) is 11.3 Å². The molecule has 1 fully saturated rings. The first kappa shape index (κ1) is 21.8. The number of nitrogens with one attached hydrogen (secondary N) is 3. The van der Waals surface area contributed by atoms with Crippen molar-refractivity contribution >= 4 is 39.9 Å². The third-order valence-electron chi connectivity index (χ3n) is 5.34. The summed E-state index contributed by atoms with van der Waals surface area (Å²) < 4.78 is 5.13. The topological polar surface area (TPSA) is 113 Å². The van der Waals surface area contributed by atoms with Gasteiger partial charge in [0, 0.05) is 22.7 Å². The number of nitrogens with zero attached hydrogens (tertiary/aromatic N) is 1. The molecule has 8 nitrogen and oxygen atoms in total. The van der Waals surface area contributed by atoms with Gasteiger partial charge >= 0.3 is 0 Å². The maximum atomic E-state index is 12.4. The molecule has 0 bridgehead atoms. The number of thiazole rings is 1. The van der Waals surface area contributed by atoms with Crippen LogP contribution in [0.15, 0.2) is 46.4 Å². The molecule has 0 radical (unpaired) electrons. The highest BCUT2D eigenvalue weighted by molar-refractivity contribution is 7.14. The Morgan fingerprint density at radius 3 is 2.50 bits per heavy atom. The fourth-order valence-electron chi connectivity index (χ4n) is 3.64. The number of carbonyl (C=O) groups excluding carboxylic acids is 3. The first-order chi connectivity index (χ1) is 15.5. The Morgan fingerprint density at radius 2 is 1.81 bits per heavy atom. The maximum Gasteiger partial charge on any atom is 0.260 e. The number of benzene rings is 1. The van der Waals surface area contributed by atoms with Crippen LogP contribution in [0.1, 0.15) is 57.9 Å². The van der Waals surface area contributed by atoms with Gasteiger partial charge in [-0.05, 0) is 50.1 Å². The molecule has 1 aromatic carbocycles. The second-order valence-electron chi connectivity index (χ2n) is 7.75. The molecule has 0 unspecified atom stereocenters. The fraction of sp³-hybridized carbons (Fsp3) is 0.304. The van der Waals surface area contributed by atoms with Gasteiger partial charge in [0.2, 0.25) is 5.91 Å². The molecule has 9 heteroatoms. The Labute approximate surface area is 189 Å². The fourth-order valence-corrected chi connectivity index (χ4v) is 4.35. The van der Waals surface area contributed by atoms with E-state index in [9.17, 15) is 14.4 Å². The number of aryl methyl sites for hydroxylation is 1. The Balaban J connectivity index is 1.28. The molecule has 0 aliphatic heterocycles. The zero-order valence-corrected chi connectivity index (χ0v) is 18.5. The molecular weight excluding hydrogens is 428 g/mol. The van der Waals surface area contributed by atoms with Gasteiger partial charge in [-0.2, -0.15) is 0 Å². The Morgan fingerprint density at radius 1 is 1.06 bits per heavy atom. The van der Waals surface area contributed by atoms with Crippen molar-refractivity contribution in [1.29, 1.82) is 0 Å². The van der Waals surface area contributed by atoms with Crippen LogP contribution in [0.4, 0.5) is 10.8 Å². The molecule has 0 spiro atoms. The van der Waals surface area contributed by atoms with E-state index in [4.69, 9.17) is 4.42 Å². The van der Waals surface area contributed by atoms with Gasteiger partial charge in [0.1, 0.15) is 5.76 Å². The van der Waals surface area contributed by atoms with E-state index < -0.39 is 0 Å². The molecule has 0 saturated heterocycles. The predicted octanol–water partition coefficient (Wildman–Crippen LogP) is 4.15. The maximum absolute atomic E-state index is 12.4. The van der Waals surface area contributed by atoms with Gasteiger partial charge in [-0.1, -0.05) is 12.8 Å². The van der Waals surface area contributed by atoms with Crippen LogP contribution in [-0.4, -0.2) is 28.7 Å². The summed E-state index contributed by atoms with van der Waals surface area (Å²) in [6.45, 7) is 1.71. The third kappa shape index (κ3) is 5.42. The van der Waals surface area contributed by atoms with E-state index in [-0.39, 0.29) is 30.2 Å². The Bertz CT molecular complexity index is 1110. The van der Waals surface area contributed by atoms with Crippen LogP contribution in [-0.2, 0) is 11.2 Å². The standard InChI is InChI=1S/C23H24N4O4S/c1-14-19(10-11-31-14)22(30)27-23-26-18(13-32-23)12-20(28)24-17-8-6-15(7-9-17)21(29)25-16-4-2-3-5-16/h6-11,13,16H,2-5,12H2,1H3,(H,24,28)(H,25,29)(H,26,27,30). The van der Waals surface area contributed by atoms with Crippen LogP contribution in [0.5, 0.6) is 0 Å². The Kier molecular flexibility index (Phi) is 6.65. The van der Waals surface area contributed by atoms with E-state index in [0.29, 0.717) is 33.4 Å². The molecule has 3 amide bonds. The smallest absolute Gasteiger partial charge is 0.260 e. The van der Waals surface area contributed by atoms with Gasteiger partial charge in [0.15, 0.2) is 5.13 Å². The summed E-state index contributed by atoms with van der Waals surface area (Å²) in [7, 11) is 0. The highest BCUT2D eigenvalue weighted by atomic mass is 32.1. The van der Waals surface area contributed by atoms with Gasteiger partial charge in [0.25, 0.3) is 11.8 Å². The van der Waals surface area contributed by atoms with Crippen molar-refractivity contribution in [3.8, 4) is 0 Å². The molecule has 166 valence electrons. The molecule has 32 heavy (non-hydrogen) atoms. The highest BCUT2D eigenvalue weighted by Gasteiger charge is 2.18. The van der Waals surface area contributed by atoms with Crippen LogP contribution in [0.2, 0.25) is 0 Å². The van der Waals surface area contributed by atoms with Gasteiger partial charge in [-0.3, -0.25) is 19.7 Å². The van der Waals surface area contributed by atoms with Crippen molar-refractivity contribution < 1.29 is 18.8 Å². The van der Waals surface area contributed by atoms with E-state index >= 15 is 0 Å². The number of aromatic nitrogens is 1. The molecule has 3 N–H and O–H groups in total. The number of furan rings is 1. The average Bonchev–Trinajstić information content (AvgIpc) is 3.52. The quantitative estimate of drug-likeness (QED) is 0.498. The number of hydrogen-bond acceptors (Lipinski definition) is 6. The third-order valence-corrected chi connectivity index (χ3v) is 6.15. The highest BCUT2D eigenvalue weighted by Crippen LogP contribution is 2.20. The monoisotopic (exact) mass is 452 g/mol. The van der Waals surface area contributed by atoms with Crippen LogP contribution in [0.25, 0.3) is 0 Å². The van der Waals surface area contributed by atoms with Crippen LogP contribution in [0, 0.1) is 6.92 Å². The summed E-state index contributed by atoms with van der Waals surface area (Å²) in [5, 5.41) is 10.7. The van der Waals surface area contributed by atoms with Crippen molar-refractivity contribution in [2.24, 2.45) is 0 Å². The molecule has 1 saturated carbocycles. The summed E-state index contributed by atoms with van der Waals surface area (Å²) in [5.74, 6) is -0.0983. The zero-order valence-electron chi connectivity index (χ0n) is 17.6. The number of hydrogen-bond donors (Lipinski definition) is 3. The predicted molar refractivity (Wildman–Crippen MR) is 122 cm³/mol. The molecule has 3 aromatic rings. The largest absolute Gasteiger partial charge is 0.469 e. The molecule has 0 atom stereocenters. The van der Waals surface area contributed by atoms with Gasteiger partial charge in [0.05, 0.1) is 23.9 Å². The summed E-state index contributed by atoms with van der Waals surface area (Å²) in [6.07, 6.45) is 5.91. The van der Waals surface area contributed by atoms with E-state index in [1.165, 1.54) is 17.6 Å². The van der Waals surface area contributed by atoms with E-state index in [1.807, 2.05) is 0 Å². The van der Waals surface area contributed by atoms with Crippen molar-refractivity contribution in [2.45, 2.75) is 45.1 Å². The summed E-state index contributed by atoms with van der Waals surface area (Å²) in [4.78, 5) is 41.2. The average molecular weight is 453 g/mol. The van der Waals surface area contributed by atoms with E-state index in [0.717, 1.165) is 25.7 Å². The minimum absolute atomic E-state index is 0.0705. The van der Waals surface area contributed by atoms with E-state index in [2.05, 4.69) is 20.9 Å². The summed E-state index contributed by atoms with van der Waals surface area (Å²) in [5.41, 5.74) is 2.17. The molecule has 1 aliphatic rings. The van der Waals surface area contributed by atoms with Crippen LogP contribution in [0.3, 0.4) is 0 Å². The first-order valence-electron chi connectivity index (χ1n) is 10.5. The lowest BCUT2D eigenvalue weighted by Crippen LogP contribution is -2.32. The lowest BCUT2D eigenvalue weighted by atomic mass is 10.1. The molecule has 1 aliphatic carbocycles. The van der Waals surface area contributed by atoms with E-state index in [1.54, 1.807) is 42.6 Å². The van der Waals surface area contributed by atoms with Gasteiger partial charge < -0.3 is 15.1 Å². The number of carbonyl (C=O) groups is 3. The molecule has 2 aromatic heterocycles. The van der Waals surface area contributed by atoms with Crippen molar-refractivity contribution in [1.82, 2.24) is 10.3 Å². The number of anilines is 2. The summed E-state index contributed by atoms with van der Waals surface area (Å²) in [6, 6.07) is 8.68. The zero-order chi connectivity index (χ0) is 22.5. The molecule has 4 rings (SSSR count). The lowest BCUT2D eigenvalue weighted by Gasteiger charge is -2.12. The second kappa shape index (κ2) is 9.78. The minimum atomic E-state index is -0.307. The minimum Gasteiger partial charge on any atom is -0.469 e.